The van der Waals surface area contributed by atoms with E-state index in [1.165, 1.54) is 36.3 Å². The van der Waals surface area contributed by atoms with E-state index in [-0.39, 0.29) is 29.8 Å². The van der Waals surface area contributed by atoms with Gasteiger partial charge in [0.2, 0.25) is 5.91 Å². The Kier molecular flexibility index (Phi) is 5.45. The molecule has 0 unspecified atom stereocenters. The van der Waals surface area contributed by atoms with Crippen LogP contribution >= 0.6 is 11.8 Å². The quantitative estimate of drug-likeness (QED) is 0.685. The van der Waals surface area contributed by atoms with Gasteiger partial charge in [-0.15, -0.1) is 11.8 Å². The summed E-state index contributed by atoms with van der Waals surface area (Å²) in [6, 6.07) is 10.7. The van der Waals surface area contributed by atoms with E-state index >= 15 is 0 Å². The third-order valence-corrected chi connectivity index (χ3v) is 4.48. The molecule has 0 radical (unpaired) electrons. The minimum absolute atomic E-state index is 0.173. The van der Waals surface area contributed by atoms with Crippen LogP contribution in [-0.2, 0) is 11.3 Å². The van der Waals surface area contributed by atoms with Gasteiger partial charge in [-0.25, -0.2) is 13.8 Å². The molecule has 1 N–H and O–H groups in total. The molecule has 0 saturated carbocycles. The fourth-order valence-electron chi connectivity index (χ4n) is 2.20. The Labute approximate surface area is 147 Å². The zero-order valence-electron chi connectivity index (χ0n) is 13.2. The molecule has 0 aliphatic carbocycles. The summed E-state index contributed by atoms with van der Waals surface area (Å²) in [6.07, 6.45) is 4.76. The molecule has 3 aromatic rings. The van der Waals surface area contributed by atoms with Crippen molar-refractivity contribution in [2.45, 2.75) is 11.4 Å². The summed E-state index contributed by atoms with van der Waals surface area (Å²) >= 11 is 1.31. The number of hydrogen-bond acceptors (Lipinski definition) is 3. The second-order valence-corrected chi connectivity index (χ2v) is 6.32. The Morgan fingerprint density at radius 2 is 1.96 bits per heavy atom. The van der Waals surface area contributed by atoms with E-state index in [0.717, 1.165) is 4.90 Å². The number of thioether (sulfide) groups is 1. The SMILES string of the molecule is O=C(CSc1ccc(F)cc1)NCc1ccc(-n2ccnc2)c(F)c1. The Morgan fingerprint density at radius 3 is 2.64 bits per heavy atom. The van der Waals surface area contributed by atoms with Gasteiger partial charge in [0.25, 0.3) is 0 Å². The molecule has 25 heavy (non-hydrogen) atoms. The molecule has 0 spiro atoms. The van der Waals surface area contributed by atoms with E-state index in [0.29, 0.717) is 11.3 Å². The number of carbonyl (C=O) groups excluding carboxylic acids is 1. The second kappa shape index (κ2) is 7.94. The number of nitrogens with zero attached hydrogens (tertiary/aromatic N) is 2. The second-order valence-electron chi connectivity index (χ2n) is 5.28. The van der Waals surface area contributed by atoms with E-state index in [1.54, 1.807) is 41.2 Å². The number of benzene rings is 2. The third kappa shape index (κ3) is 4.67. The third-order valence-electron chi connectivity index (χ3n) is 3.47. The molecule has 1 amide bonds. The summed E-state index contributed by atoms with van der Waals surface area (Å²) < 4.78 is 28.5. The Morgan fingerprint density at radius 1 is 1.16 bits per heavy atom. The minimum Gasteiger partial charge on any atom is -0.351 e. The standard InChI is InChI=1S/C18H15F2N3OS/c19-14-2-4-15(5-3-14)25-11-18(24)22-10-13-1-6-17(16(20)9-13)23-8-7-21-12-23/h1-9,12H,10-11H2,(H,22,24). The molecule has 0 bridgehead atoms. The summed E-state index contributed by atoms with van der Waals surface area (Å²) in [7, 11) is 0. The summed E-state index contributed by atoms with van der Waals surface area (Å²) in [4.78, 5) is 16.6. The Bertz CT molecular complexity index is 851. The first kappa shape index (κ1) is 17.2. The van der Waals surface area contributed by atoms with E-state index in [4.69, 9.17) is 0 Å². The first-order valence-electron chi connectivity index (χ1n) is 7.53. The van der Waals surface area contributed by atoms with Crippen molar-refractivity contribution in [1.82, 2.24) is 14.9 Å². The first-order chi connectivity index (χ1) is 12.1. The Balaban J connectivity index is 1.52. The topological polar surface area (TPSA) is 46.9 Å². The van der Waals surface area contributed by atoms with Gasteiger partial charge in [-0.05, 0) is 42.0 Å². The molecular weight excluding hydrogens is 344 g/mol. The van der Waals surface area contributed by atoms with Gasteiger partial charge in [0.1, 0.15) is 11.6 Å². The van der Waals surface area contributed by atoms with Gasteiger partial charge < -0.3 is 9.88 Å². The lowest BCUT2D eigenvalue weighted by Gasteiger charge is -2.08. The highest BCUT2D eigenvalue weighted by Gasteiger charge is 2.07. The monoisotopic (exact) mass is 359 g/mol. The zero-order chi connectivity index (χ0) is 17.6. The van der Waals surface area contributed by atoms with Crippen LogP contribution < -0.4 is 5.32 Å². The van der Waals surface area contributed by atoms with Crippen LogP contribution in [0.5, 0.6) is 0 Å². The number of rotatable bonds is 6. The van der Waals surface area contributed by atoms with Gasteiger partial charge in [0, 0.05) is 23.8 Å². The van der Waals surface area contributed by atoms with Gasteiger partial charge in [0.05, 0.1) is 17.8 Å². The maximum Gasteiger partial charge on any atom is 0.230 e. The molecule has 0 saturated heterocycles. The molecule has 1 aromatic heterocycles. The van der Waals surface area contributed by atoms with E-state index in [2.05, 4.69) is 10.3 Å². The summed E-state index contributed by atoms with van der Waals surface area (Å²) in [6.45, 7) is 0.240. The van der Waals surface area contributed by atoms with Crippen LogP contribution in [-0.4, -0.2) is 21.2 Å². The van der Waals surface area contributed by atoms with Crippen LogP contribution in [0.2, 0.25) is 0 Å². The number of imidazole rings is 1. The fraction of sp³-hybridized carbons (Fsp3) is 0.111. The number of nitrogens with one attached hydrogen (secondary N) is 1. The lowest BCUT2D eigenvalue weighted by atomic mass is 10.2. The molecule has 0 fully saturated rings. The number of amides is 1. The van der Waals surface area contributed by atoms with Crippen LogP contribution in [0.25, 0.3) is 5.69 Å². The van der Waals surface area contributed by atoms with Gasteiger partial charge in [0.15, 0.2) is 0 Å². The first-order valence-corrected chi connectivity index (χ1v) is 8.52. The van der Waals surface area contributed by atoms with Crippen LogP contribution in [0, 0.1) is 11.6 Å². The van der Waals surface area contributed by atoms with Gasteiger partial charge in [-0.2, -0.15) is 0 Å². The maximum absolute atomic E-state index is 14.1. The molecule has 0 aliphatic rings. The molecule has 128 valence electrons. The van der Waals surface area contributed by atoms with Crippen molar-refractivity contribution in [1.29, 1.82) is 0 Å². The highest BCUT2D eigenvalue weighted by atomic mass is 32.2. The van der Waals surface area contributed by atoms with Crippen LogP contribution in [0.4, 0.5) is 8.78 Å². The summed E-state index contributed by atoms with van der Waals surface area (Å²) in [5.74, 6) is -0.657. The van der Waals surface area contributed by atoms with E-state index in [9.17, 15) is 13.6 Å². The Hall–Kier alpha value is -2.67. The molecule has 0 aliphatic heterocycles. The predicted molar refractivity (Wildman–Crippen MR) is 92.5 cm³/mol. The lowest BCUT2D eigenvalue weighted by Crippen LogP contribution is -2.24. The molecular formula is C18H15F2N3OS. The molecule has 1 heterocycles. The average molecular weight is 359 g/mol. The van der Waals surface area contributed by atoms with Gasteiger partial charge in [-0.3, -0.25) is 4.79 Å². The van der Waals surface area contributed by atoms with Crippen molar-refractivity contribution in [3.63, 3.8) is 0 Å². The van der Waals surface area contributed by atoms with Crippen LogP contribution in [0.3, 0.4) is 0 Å². The average Bonchev–Trinajstić information content (AvgIpc) is 3.14. The number of hydrogen-bond donors (Lipinski definition) is 1. The maximum atomic E-state index is 14.1. The predicted octanol–water partition coefficient (Wildman–Crippen LogP) is 3.56. The molecule has 4 nitrogen and oxygen atoms in total. The highest BCUT2D eigenvalue weighted by molar-refractivity contribution is 8.00. The smallest absolute Gasteiger partial charge is 0.230 e. The molecule has 7 heteroatoms. The number of halogens is 2. The zero-order valence-corrected chi connectivity index (χ0v) is 14.0. The molecule has 0 atom stereocenters. The van der Waals surface area contributed by atoms with Crippen molar-refractivity contribution in [2.75, 3.05) is 5.75 Å². The molecule has 3 rings (SSSR count). The minimum atomic E-state index is -0.384. The van der Waals surface area contributed by atoms with Crippen LogP contribution in [0.1, 0.15) is 5.56 Å². The van der Waals surface area contributed by atoms with Crippen molar-refractivity contribution in [2.24, 2.45) is 0 Å². The summed E-state index contributed by atoms with van der Waals surface area (Å²) in [5.41, 5.74) is 1.07. The van der Waals surface area contributed by atoms with E-state index < -0.39 is 0 Å². The lowest BCUT2D eigenvalue weighted by molar-refractivity contribution is -0.118. The molecule has 2 aromatic carbocycles. The van der Waals surface area contributed by atoms with E-state index in [1.807, 2.05) is 0 Å². The largest absolute Gasteiger partial charge is 0.351 e. The van der Waals surface area contributed by atoms with Crippen molar-refractivity contribution in [3.8, 4) is 5.69 Å². The fourth-order valence-corrected chi connectivity index (χ4v) is 2.93. The van der Waals surface area contributed by atoms with Crippen LogP contribution in [0.15, 0.2) is 66.1 Å². The normalized spacial score (nSPS) is 10.6. The number of carbonyl (C=O) groups is 1. The van der Waals surface area contributed by atoms with Crippen molar-refractivity contribution < 1.29 is 13.6 Å². The van der Waals surface area contributed by atoms with Crippen molar-refractivity contribution in [3.05, 3.63) is 78.4 Å². The van der Waals surface area contributed by atoms with Gasteiger partial charge >= 0.3 is 0 Å². The van der Waals surface area contributed by atoms with Gasteiger partial charge in [-0.1, -0.05) is 6.07 Å². The highest BCUT2D eigenvalue weighted by Crippen LogP contribution is 2.18. The van der Waals surface area contributed by atoms with Crippen molar-refractivity contribution >= 4 is 17.7 Å². The summed E-state index contributed by atoms with van der Waals surface area (Å²) in [5, 5.41) is 2.74. The number of aromatic nitrogens is 2.